The van der Waals surface area contributed by atoms with Crippen molar-refractivity contribution in [2.24, 2.45) is 5.92 Å². The summed E-state index contributed by atoms with van der Waals surface area (Å²) in [4.78, 5) is 9.16. The second-order valence-electron chi connectivity index (χ2n) is 9.14. The van der Waals surface area contributed by atoms with E-state index in [2.05, 4.69) is 17.1 Å². The summed E-state index contributed by atoms with van der Waals surface area (Å²) in [6.45, 7) is 5.22. The fourth-order valence-corrected chi connectivity index (χ4v) is 4.47. The van der Waals surface area contributed by atoms with Gasteiger partial charge < -0.3 is 18.9 Å². The van der Waals surface area contributed by atoms with E-state index in [0.717, 1.165) is 71.7 Å². The molecule has 6 nitrogen and oxygen atoms in total. The van der Waals surface area contributed by atoms with Gasteiger partial charge in [0, 0.05) is 30.2 Å². The Morgan fingerprint density at radius 2 is 1.61 bits per heavy atom. The third-order valence-corrected chi connectivity index (χ3v) is 6.60. The number of ether oxygens (including phenoxy) is 4. The average Bonchev–Trinajstić information content (AvgIpc) is 2.93. The lowest BCUT2D eigenvalue weighted by atomic mass is 9.97. The van der Waals surface area contributed by atoms with Crippen LogP contribution >= 0.6 is 0 Å². The lowest BCUT2D eigenvalue weighted by Gasteiger charge is -2.21. The molecular formula is C30H32N2O4. The first-order valence-electron chi connectivity index (χ1n) is 12.6. The van der Waals surface area contributed by atoms with E-state index >= 15 is 0 Å². The number of aromatic nitrogens is 2. The molecule has 1 aliphatic heterocycles. The summed E-state index contributed by atoms with van der Waals surface area (Å²) in [6.07, 6.45) is 6.68. The summed E-state index contributed by atoms with van der Waals surface area (Å²) in [7, 11) is 0. The van der Waals surface area contributed by atoms with Crippen LogP contribution in [0.2, 0.25) is 0 Å². The Kier molecular flexibility index (Phi) is 7.93. The Balaban J connectivity index is 1.26. The van der Waals surface area contributed by atoms with Crippen molar-refractivity contribution in [3.05, 3.63) is 89.9 Å². The van der Waals surface area contributed by atoms with Crippen LogP contribution in [0, 0.1) is 12.8 Å². The minimum absolute atomic E-state index is 0.311. The van der Waals surface area contributed by atoms with Crippen LogP contribution in [-0.4, -0.2) is 29.8 Å². The van der Waals surface area contributed by atoms with Crippen molar-refractivity contribution in [3.63, 3.8) is 0 Å². The van der Waals surface area contributed by atoms with Gasteiger partial charge in [0.25, 0.3) is 0 Å². The Bertz CT molecular complexity index is 1270. The van der Waals surface area contributed by atoms with E-state index in [1.54, 1.807) is 12.4 Å². The first-order valence-corrected chi connectivity index (χ1v) is 12.6. The highest BCUT2D eigenvalue weighted by atomic mass is 16.5. The van der Waals surface area contributed by atoms with Gasteiger partial charge in [0.05, 0.1) is 30.2 Å². The topological polar surface area (TPSA) is 62.7 Å². The molecule has 1 aliphatic rings. The van der Waals surface area contributed by atoms with Gasteiger partial charge in [0.2, 0.25) is 0 Å². The second-order valence-corrected chi connectivity index (χ2v) is 9.14. The van der Waals surface area contributed by atoms with Crippen molar-refractivity contribution in [2.75, 3.05) is 19.8 Å². The predicted molar refractivity (Wildman–Crippen MR) is 139 cm³/mol. The standard InChI is InChI=1S/C30H32N2O4/c1-22-29(21-35-26-17-25(18-31-19-26)34-16-13-23-11-14-33-15-12-23)32-28-10-6-5-9-27(28)30(22)36-20-24-7-3-2-4-8-24/h2-10,17-19,23H,11-16,20-21H2,1H3. The van der Waals surface area contributed by atoms with E-state index in [0.29, 0.717) is 31.5 Å². The number of fused-ring (bicyclic) bond motifs is 1. The molecule has 1 saturated heterocycles. The molecule has 0 atom stereocenters. The molecule has 0 aliphatic carbocycles. The SMILES string of the molecule is Cc1c(COc2cncc(OCCC3CCOCC3)c2)nc2ccccc2c1OCc1ccccc1. The number of rotatable bonds is 10. The Hall–Kier alpha value is -3.64. The Morgan fingerprint density at radius 1 is 0.861 bits per heavy atom. The van der Waals surface area contributed by atoms with Crippen molar-refractivity contribution in [3.8, 4) is 17.2 Å². The van der Waals surface area contributed by atoms with Crippen LogP contribution in [-0.2, 0) is 18.0 Å². The van der Waals surface area contributed by atoms with E-state index in [1.165, 1.54) is 0 Å². The zero-order valence-electron chi connectivity index (χ0n) is 20.7. The zero-order valence-corrected chi connectivity index (χ0v) is 20.7. The predicted octanol–water partition coefficient (Wildman–Crippen LogP) is 6.29. The number of pyridine rings is 2. The van der Waals surface area contributed by atoms with E-state index in [-0.39, 0.29) is 0 Å². The maximum absolute atomic E-state index is 6.31. The van der Waals surface area contributed by atoms with Gasteiger partial charge in [-0.2, -0.15) is 0 Å². The number of benzene rings is 2. The first kappa shape index (κ1) is 24.1. The largest absolute Gasteiger partial charge is 0.492 e. The molecule has 0 radical (unpaired) electrons. The summed E-state index contributed by atoms with van der Waals surface area (Å²) in [5, 5.41) is 0.997. The van der Waals surface area contributed by atoms with Crippen molar-refractivity contribution < 1.29 is 18.9 Å². The minimum Gasteiger partial charge on any atom is -0.492 e. The second kappa shape index (κ2) is 11.9. The quantitative estimate of drug-likeness (QED) is 0.264. The average molecular weight is 485 g/mol. The van der Waals surface area contributed by atoms with Gasteiger partial charge in [0.1, 0.15) is 30.5 Å². The van der Waals surface area contributed by atoms with Crippen molar-refractivity contribution in [2.45, 2.75) is 39.4 Å². The molecule has 6 heteroatoms. The van der Waals surface area contributed by atoms with Gasteiger partial charge in [-0.05, 0) is 49.8 Å². The monoisotopic (exact) mass is 484 g/mol. The Morgan fingerprint density at radius 3 is 2.44 bits per heavy atom. The van der Waals surface area contributed by atoms with Crippen LogP contribution in [0.4, 0.5) is 0 Å². The smallest absolute Gasteiger partial charge is 0.141 e. The summed E-state index contributed by atoms with van der Waals surface area (Å²) >= 11 is 0. The summed E-state index contributed by atoms with van der Waals surface area (Å²) in [5.74, 6) is 2.88. The van der Waals surface area contributed by atoms with Crippen LogP contribution in [0.1, 0.15) is 36.1 Å². The fourth-order valence-electron chi connectivity index (χ4n) is 4.47. The molecule has 5 rings (SSSR count). The van der Waals surface area contributed by atoms with E-state index in [9.17, 15) is 0 Å². The highest BCUT2D eigenvalue weighted by molar-refractivity contribution is 5.86. The lowest BCUT2D eigenvalue weighted by Crippen LogP contribution is -2.17. The van der Waals surface area contributed by atoms with Crippen LogP contribution < -0.4 is 14.2 Å². The molecule has 0 N–H and O–H groups in total. The number of nitrogens with zero attached hydrogens (tertiary/aromatic N) is 2. The third-order valence-electron chi connectivity index (χ3n) is 6.60. The molecule has 0 spiro atoms. The summed E-state index contributed by atoms with van der Waals surface area (Å²) < 4.78 is 23.8. The van der Waals surface area contributed by atoms with Gasteiger partial charge >= 0.3 is 0 Å². The highest BCUT2D eigenvalue weighted by Gasteiger charge is 2.15. The normalized spacial score (nSPS) is 14.0. The third kappa shape index (κ3) is 6.13. The molecule has 3 heterocycles. The number of hydrogen-bond acceptors (Lipinski definition) is 6. The van der Waals surface area contributed by atoms with Crippen molar-refractivity contribution in [1.29, 1.82) is 0 Å². The van der Waals surface area contributed by atoms with Gasteiger partial charge in [0.15, 0.2) is 0 Å². The Labute approximate surface area is 212 Å². The molecule has 2 aromatic carbocycles. The van der Waals surface area contributed by atoms with Gasteiger partial charge in [-0.25, -0.2) is 4.98 Å². The van der Waals surface area contributed by atoms with E-state index < -0.39 is 0 Å². The van der Waals surface area contributed by atoms with Crippen molar-refractivity contribution >= 4 is 10.9 Å². The van der Waals surface area contributed by atoms with Crippen LogP contribution in [0.25, 0.3) is 10.9 Å². The molecule has 1 fully saturated rings. The molecule has 2 aromatic heterocycles. The van der Waals surface area contributed by atoms with Gasteiger partial charge in [-0.3, -0.25) is 4.98 Å². The zero-order chi connectivity index (χ0) is 24.6. The maximum atomic E-state index is 6.31. The minimum atomic E-state index is 0.311. The first-order chi connectivity index (χ1) is 17.8. The molecule has 0 amide bonds. The molecule has 0 saturated carbocycles. The summed E-state index contributed by atoms with van der Waals surface area (Å²) in [5.41, 5.74) is 3.81. The number of para-hydroxylation sites is 1. The molecule has 4 aromatic rings. The van der Waals surface area contributed by atoms with E-state index in [1.807, 2.05) is 55.5 Å². The van der Waals surface area contributed by atoms with Gasteiger partial charge in [-0.1, -0.05) is 42.5 Å². The highest BCUT2D eigenvalue weighted by Crippen LogP contribution is 2.32. The van der Waals surface area contributed by atoms with Crippen molar-refractivity contribution in [1.82, 2.24) is 9.97 Å². The van der Waals surface area contributed by atoms with E-state index in [4.69, 9.17) is 23.9 Å². The summed E-state index contributed by atoms with van der Waals surface area (Å²) in [6, 6.07) is 20.1. The van der Waals surface area contributed by atoms with Crippen LogP contribution in [0.15, 0.2) is 73.1 Å². The maximum Gasteiger partial charge on any atom is 0.141 e. The van der Waals surface area contributed by atoms with Gasteiger partial charge in [-0.15, -0.1) is 0 Å². The fraction of sp³-hybridized carbons (Fsp3) is 0.333. The molecular weight excluding hydrogens is 452 g/mol. The molecule has 0 unspecified atom stereocenters. The van der Waals surface area contributed by atoms with Crippen LogP contribution in [0.3, 0.4) is 0 Å². The van der Waals surface area contributed by atoms with Crippen LogP contribution in [0.5, 0.6) is 17.2 Å². The molecule has 0 bridgehead atoms. The number of hydrogen-bond donors (Lipinski definition) is 0. The molecule has 186 valence electrons. The lowest BCUT2D eigenvalue weighted by molar-refractivity contribution is 0.0593. The molecule has 36 heavy (non-hydrogen) atoms.